The Morgan fingerprint density at radius 3 is 3.00 bits per heavy atom. The van der Waals surface area contributed by atoms with Gasteiger partial charge in [-0.3, -0.25) is 0 Å². The summed E-state index contributed by atoms with van der Waals surface area (Å²) in [7, 11) is 0. The molecule has 20 heavy (non-hydrogen) atoms. The van der Waals surface area contributed by atoms with E-state index in [9.17, 15) is 4.39 Å². The molecule has 0 aromatic carbocycles. The van der Waals surface area contributed by atoms with Crippen LogP contribution in [-0.2, 0) is 11.3 Å². The highest BCUT2D eigenvalue weighted by Crippen LogP contribution is 2.22. The number of hydrogen-bond acceptors (Lipinski definition) is 4. The first kappa shape index (κ1) is 15.2. The van der Waals surface area contributed by atoms with Crippen LogP contribution >= 0.6 is 0 Å². The summed E-state index contributed by atoms with van der Waals surface area (Å²) in [5, 5.41) is 3.15. The number of likely N-dealkylation sites (N-methyl/N-ethyl adjacent to an activating group) is 1. The third-order valence-electron chi connectivity index (χ3n) is 3.65. The van der Waals surface area contributed by atoms with E-state index in [1.807, 2.05) is 18.7 Å². The maximum atomic E-state index is 14.5. The fourth-order valence-electron chi connectivity index (χ4n) is 2.49. The lowest BCUT2D eigenvalue weighted by Gasteiger charge is -2.25. The van der Waals surface area contributed by atoms with E-state index in [1.54, 1.807) is 12.3 Å². The maximum Gasteiger partial charge on any atom is 0.170 e. The van der Waals surface area contributed by atoms with E-state index in [2.05, 4.69) is 10.3 Å². The highest BCUT2D eigenvalue weighted by molar-refractivity contribution is 5.43. The zero-order valence-electron chi connectivity index (χ0n) is 12.4. The van der Waals surface area contributed by atoms with Crippen LogP contribution in [0, 0.1) is 5.82 Å². The molecule has 1 aromatic heterocycles. The first-order valence-corrected chi connectivity index (χ1v) is 7.46. The smallest absolute Gasteiger partial charge is 0.170 e. The molecule has 0 saturated carbocycles. The average Bonchev–Trinajstić information content (AvgIpc) is 2.97. The molecule has 0 spiro atoms. The molecule has 1 saturated heterocycles. The number of halogens is 1. The molecule has 112 valence electrons. The van der Waals surface area contributed by atoms with Crippen molar-refractivity contribution in [2.45, 2.75) is 39.3 Å². The van der Waals surface area contributed by atoms with Crippen molar-refractivity contribution in [1.29, 1.82) is 0 Å². The topological polar surface area (TPSA) is 37.4 Å². The van der Waals surface area contributed by atoms with Gasteiger partial charge in [0.15, 0.2) is 11.6 Å². The minimum absolute atomic E-state index is 0.202. The SMILES string of the molecule is CCNCc1ccnc(N(CC)CC2CCCO2)c1F. The van der Waals surface area contributed by atoms with Crippen molar-refractivity contribution in [3.05, 3.63) is 23.6 Å². The van der Waals surface area contributed by atoms with Gasteiger partial charge in [-0.15, -0.1) is 0 Å². The van der Waals surface area contributed by atoms with E-state index in [4.69, 9.17) is 4.74 Å². The maximum absolute atomic E-state index is 14.5. The fraction of sp³-hybridized carbons (Fsp3) is 0.667. The van der Waals surface area contributed by atoms with Gasteiger partial charge in [-0.1, -0.05) is 6.92 Å². The molecule has 0 radical (unpaired) electrons. The number of rotatable bonds is 7. The molecular weight excluding hydrogens is 257 g/mol. The third-order valence-corrected chi connectivity index (χ3v) is 3.65. The van der Waals surface area contributed by atoms with Crippen LogP contribution in [0.1, 0.15) is 32.3 Å². The zero-order chi connectivity index (χ0) is 14.4. The van der Waals surface area contributed by atoms with Gasteiger partial charge in [0.2, 0.25) is 0 Å². The molecule has 0 aliphatic carbocycles. The standard InChI is InChI=1S/C15H24FN3O/c1-3-17-10-12-7-8-18-15(14(12)16)19(4-2)11-13-6-5-9-20-13/h7-8,13,17H,3-6,9-11H2,1-2H3. The predicted octanol–water partition coefficient (Wildman–Crippen LogP) is 2.34. The molecule has 0 bridgehead atoms. The van der Waals surface area contributed by atoms with Crippen LogP contribution in [0.15, 0.2) is 12.3 Å². The third kappa shape index (κ3) is 3.67. The molecule has 1 aliphatic rings. The van der Waals surface area contributed by atoms with Gasteiger partial charge in [0, 0.05) is 38.0 Å². The monoisotopic (exact) mass is 281 g/mol. The Balaban J connectivity index is 2.11. The molecular formula is C15H24FN3O. The Morgan fingerprint density at radius 2 is 2.35 bits per heavy atom. The molecule has 1 unspecified atom stereocenters. The number of anilines is 1. The molecule has 1 fully saturated rings. The van der Waals surface area contributed by atoms with Crippen molar-refractivity contribution in [1.82, 2.24) is 10.3 Å². The minimum Gasteiger partial charge on any atom is -0.376 e. The van der Waals surface area contributed by atoms with E-state index in [0.29, 0.717) is 24.5 Å². The Kier molecular flexibility index (Phi) is 5.73. The molecule has 1 atom stereocenters. The summed E-state index contributed by atoms with van der Waals surface area (Å²) in [6.45, 7) is 7.65. The predicted molar refractivity (Wildman–Crippen MR) is 78.4 cm³/mol. The largest absolute Gasteiger partial charge is 0.376 e. The van der Waals surface area contributed by atoms with E-state index >= 15 is 0 Å². The molecule has 1 aliphatic heterocycles. The van der Waals surface area contributed by atoms with Crippen LogP contribution in [0.5, 0.6) is 0 Å². The van der Waals surface area contributed by atoms with Crippen LogP contribution in [0.4, 0.5) is 10.2 Å². The normalized spacial score (nSPS) is 18.4. The number of ether oxygens (including phenoxy) is 1. The Morgan fingerprint density at radius 1 is 1.50 bits per heavy atom. The molecule has 2 heterocycles. The summed E-state index contributed by atoms with van der Waals surface area (Å²) in [5.74, 6) is 0.228. The van der Waals surface area contributed by atoms with Gasteiger partial charge in [0.05, 0.1) is 6.10 Å². The van der Waals surface area contributed by atoms with Gasteiger partial charge in [-0.2, -0.15) is 0 Å². The van der Waals surface area contributed by atoms with Crippen LogP contribution in [-0.4, -0.2) is 37.3 Å². The lowest BCUT2D eigenvalue weighted by molar-refractivity contribution is 0.115. The van der Waals surface area contributed by atoms with E-state index < -0.39 is 0 Å². The number of hydrogen-bond donors (Lipinski definition) is 1. The molecule has 1 aromatic rings. The van der Waals surface area contributed by atoms with Crippen molar-refractivity contribution in [2.24, 2.45) is 0 Å². The molecule has 2 rings (SSSR count). The van der Waals surface area contributed by atoms with Crippen molar-refractivity contribution < 1.29 is 9.13 Å². The first-order valence-electron chi connectivity index (χ1n) is 7.46. The molecule has 1 N–H and O–H groups in total. The number of aromatic nitrogens is 1. The van der Waals surface area contributed by atoms with E-state index in [1.165, 1.54) is 0 Å². The first-order chi connectivity index (χ1) is 9.76. The summed E-state index contributed by atoms with van der Waals surface area (Å²) in [6.07, 6.45) is 4.03. The lowest BCUT2D eigenvalue weighted by Crippen LogP contribution is -2.33. The van der Waals surface area contributed by atoms with E-state index in [0.717, 1.165) is 32.5 Å². The Hall–Kier alpha value is -1.20. The number of nitrogens with zero attached hydrogens (tertiary/aromatic N) is 2. The summed E-state index contributed by atoms with van der Waals surface area (Å²) in [6, 6.07) is 1.74. The van der Waals surface area contributed by atoms with Crippen molar-refractivity contribution in [3.8, 4) is 0 Å². The summed E-state index contributed by atoms with van der Waals surface area (Å²) >= 11 is 0. The summed E-state index contributed by atoms with van der Waals surface area (Å²) in [4.78, 5) is 6.20. The van der Waals surface area contributed by atoms with Crippen LogP contribution in [0.2, 0.25) is 0 Å². The summed E-state index contributed by atoms with van der Waals surface area (Å²) < 4.78 is 20.2. The molecule has 4 nitrogen and oxygen atoms in total. The van der Waals surface area contributed by atoms with E-state index in [-0.39, 0.29) is 11.9 Å². The minimum atomic E-state index is -0.215. The zero-order valence-corrected chi connectivity index (χ0v) is 12.4. The molecule has 0 amide bonds. The number of pyridine rings is 1. The summed E-state index contributed by atoms with van der Waals surface area (Å²) in [5.41, 5.74) is 0.669. The Bertz CT molecular complexity index is 422. The highest BCUT2D eigenvalue weighted by Gasteiger charge is 2.22. The highest BCUT2D eigenvalue weighted by atomic mass is 19.1. The van der Waals surface area contributed by atoms with Crippen LogP contribution in [0.3, 0.4) is 0 Å². The van der Waals surface area contributed by atoms with Crippen molar-refractivity contribution in [3.63, 3.8) is 0 Å². The second kappa shape index (κ2) is 7.55. The van der Waals surface area contributed by atoms with Gasteiger partial charge in [0.25, 0.3) is 0 Å². The van der Waals surface area contributed by atoms with Gasteiger partial charge < -0.3 is 15.0 Å². The van der Waals surface area contributed by atoms with Crippen LogP contribution < -0.4 is 10.2 Å². The van der Waals surface area contributed by atoms with Gasteiger partial charge >= 0.3 is 0 Å². The lowest BCUT2D eigenvalue weighted by atomic mass is 10.2. The second-order valence-electron chi connectivity index (χ2n) is 5.06. The molecule has 5 heteroatoms. The quantitative estimate of drug-likeness (QED) is 0.832. The Labute approximate surface area is 120 Å². The second-order valence-corrected chi connectivity index (χ2v) is 5.06. The number of nitrogens with one attached hydrogen (secondary N) is 1. The average molecular weight is 281 g/mol. The van der Waals surface area contributed by atoms with Crippen LogP contribution in [0.25, 0.3) is 0 Å². The fourth-order valence-corrected chi connectivity index (χ4v) is 2.49. The van der Waals surface area contributed by atoms with Gasteiger partial charge in [0.1, 0.15) is 0 Å². The van der Waals surface area contributed by atoms with Crippen molar-refractivity contribution in [2.75, 3.05) is 31.1 Å². The van der Waals surface area contributed by atoms with Gasteiger partial charge in [-0.05, 0) is 32.4 Å². The van der Waals surface area contributed by atoms with Crippen molar-refractivity contribution >= 4 is 5.82 Å². The van der Waals surface area contributed by atoms with Gasteiger partial charge in [-0.25, -0.2) is 9.37 Å².